The van der Waals surface area contributed by atoms with Crippen LogP contribution >= 0.6 is 28.6 Å². The first-order valence-electron chi connectivity index (χ1n) is 2.62. The molecule has 0 saturated carbocycles. The summed E-state index contributed by atoms with van der Waals surface area (Å²) in [6.45, 7) is 0. The second kappa shape index (κ2) is 3.09. The average molecular weight is 214 g/mol. The molecule has 0 aliphatic rings. The molecule has 0 atom stereocenters. The molecule has 0 spiro atoms. The summed E-state index contributed by atoms with van der Waals surface area (Å²) < 4.78 is 0.794. The summed E-state index contributed by atoms with van der Waals surface area (Å²) in [5.41, 5.74) is 0.637. The molecule has 1 aromatic rings. The van der Waals surface area contributed by atoms with Crippen molar-refractivity contribution in [1.82, 2.24) is 0 Å². The van der Waals surface area contributed by atoms with Gasteiger partial charge in [0.15, 0.2) is 0 Å². The molecule has 3 heteroatoms. The predicted octanol–water partition coefficient (Wildman–Crippen LogP) is 2.61. The number of nitrogens with zero attached hydrogens (tertiary/aromatic N) is 1. The van der Waals surface area contributed by atoms with Gasteiger partial charge in [0.2, 0.25) is 0 Å². The van der Waals surface area contributed by atoms with Gasteiger partial charge < -0.3 is 0 Å². The average Bonchev–Trinajstić information content (AvgIpc) is 1.88. The van der Waals surface area contributed by atoms with Crippen LogP contribution in [0.1, 0.15) is 5.56 Å². The van der Waals surface area contributed by atoms with E-state index in [2.05, 4.69) is 28.6 Å². The lowest BCUT2D eigenvalue weighted by atomic mass is 10.2. The molecule has 0 aliphatic carbocycles. The molecule has 0 N–H and O–H groups in total. The molecule has 1 nitrogen and oxygen atoms in total. The largest absolute Gasteiger partial charge is 0.192 e. The Bertz CT molecular complexity index is 290. The molecule has 1 rings (SSSR count). The van der Waals surface area contributed by atoms with Gasteiger partial charge in [-0.2, -0.15) is 5.26 Å². The summed E-state index contributed by atoms with van der Waals surface area (Å²) in [6, 6.07) is 7.35. The number of thiol groups is 1. The number of benzene rings is 1. The molecule has 10 heavy (non-hydrogen) atoms. The summed E-state index contributed by atoms with van der Waals surface area (Å²) >= 11 is 7.34. The maximum atomic E-state index is 8.50. The van der Waals surface area contributed by atoms with Gasteiger partial charge in [0, 0.05) is 9.37 Å². The Morgan fingerprint density at radius 3 is 2.70 bits per heavy atom. The zero-order chi connectivity index (χ0) is 7.56. The Labute approximate surface area is 73.2 Å². The van der Waals surface area contributed by atoms with Crippen molar-refractivity contribution >= 4 is 28.6 Å². The third-order valence-corrected chi connectivity index (χ3v) is 2.01. The van der Waals surface area contributed by atoms with E-state index in [9.17, 15) is 0 Å². The molecule has 0 saturated heterocycles. The van der Waals surface area contributed by atoms with Crippen LogP contribution in [0.15, 0.2) is 27.6 Å². The molecule has 50 valence electrons. The minimum absolute atomic E-state index is 0.637. The van der Waals surface area contributed by atoms with E-state index in [1.165, 1.54) is 0 Å². The Kier molecular flexibility index (Phi) is 2.36. The fraction of sp³-hybridized carbons (Fsp3) is 0. The molecule has 0 heterocycles. The summed E-state index contributed by atoms with van der Waals surface area (Å²) in [7, 11) is 0. The lowest BCUT2D eigenvalue weighted by Gasteiger charge is -1.93. The quantitative estimate of drug-likeness (QED) is 0.659. The molecule has 0 radical (unpaired) electrons. The van der Waals surface area contributed by atoms with Crippen LogP contribution in [-0.2, 0) is 0 Å². The van der Waals surface area contributed by atoms with E-state index in [-0.39, 0.29) is 0 Å². The molecule has 0 unspecified atom stereocenters. The number of rotatable bonds is 0. The van der Waals surface area contributed by atoms with E-state index in [1.807, 2.05) is 6.07 Å². The Balaban J connectivity index is 3.23. The van der Waals surface area contributed by atoms with Gasteiger partial charge in [-0.1, -0.05) is 0 Å². The van der Waals surface area contributed by atoms with Gasteiger partial charge in [-0.25, -0.2) is 0 Å². The molecular formula is C7H4BrNS. The molecule has 0 aliphatic heterocycles. The Morgan fingerprint density at radius 1 is 1.50 bits per heavy atom. The van der Waals surface area contributed by atoms with Gasteiger partial charge in [0.1, 0.15) is 6.07 Å². The first kappa shape index (κ1) is 7.64. The third-order valence-electron chi connectivity index (χ3n) is 1.07. The predicted molar refractivity (Wildman–Crippen MR) is 46.1 cm³/mol. The molecular weight excluding hydrogens is 210 g/mol. The van der Waals surface area contributed by atoms with Crippen LogP contribution in [0.3, 0.4) is 0 Å². The van der Waals surface area contributed by atoms with E-state index < -0.39 is 0 Å². The van der Waals surface area contributed by atoms with Crippen molar-refractivity contribution in [2.75, 3.05) is 0 Å². The molecule has 0 bridgehead atoms. The zero-order valence-electron chi connectivity index (χ0n) is 5.00. The van der Waals surface area contributed by atoms with E-state index in [1.54, 1.807) is 18.2 Å². The topological polar surface area (TPSA) is 23.8 Å². The minimum atomic E-state index is 0.637. The first-order chi connectivity index (χ1) is 4.74. The molecule has 1 aromatic carbocycles. The lowest BCUT2D eigenvalue weighted by molar-refractivity contribution is 1.39. The minimum Gasteiger partial charge on any atom is -0.192 e. The van der Waals surface area contributed by atoms with E-state index in [0.717, 1.165) is 9.37 Å². The smallest absolute Gasteiger partial charge is 0.100 e. The number of hydrogen-bond donors (Lipinski definition) is 1. The summed E-state index contributed by atoms with van der Waals surface area (Å²) in [4.78, 5) is 0.853. The van der Waals surface area contributed by atoms with Crippen LogP contribution in [0.2, 0.25) is 0 Å². The molecule has 0 aromatic heterocycles. The van der Waals surface area contributed by atoms with Crippen molar-refractivity contribution in [1.29, 1.82) is 5.26 Å². The summed E-state index contributed by atoms with van der Waals surface area (Å²) in [5, 5.41) is 8.50. The number of halogens is 1. The first-order valence-corrected chi connectivity index (χ1v) is 3.86. The Hall–Kier alpha value is -0.460. The monoisotopic (exact) mass is 213 g/mol. The molecule has 0 amide bonds. The maximum Gasteiger partial charge on any atom is 0.100 e. The highest BCUT2D eigenvalue weighted by Gasteiger charge is 1.96. The van der Waals surface area contributed by atoms with Crippen LogP contribution in [0, 0.1) is 11.3 Å². The van der Waals surface area contributed by atoms with Crippen molar-refractivity contribution in [3.8, 4) is 6.07 Å². The van der Waals surface area contributed by atoms with E-state index in [0.29, 0.717) is 5.56 Å². The Morgan fingerprint density at radius 2 is 2.20 bits per heavy atom. The second-order valence-corrected chi connectivity index (χ2v) is 3.15. The van der Waals surface area contributed by atoms with Crippen molar-refractivity contribution in [2.24, 2.45) is 0 Å². The third kappa shape index (κ3) is 1.53. The van der Waals surface area contributed by atoms with Gasteiger partial charge in [-0.3, -0.25) is 0 Å². The van der Waals surface area contributed by atoms with Crippen molar-refractivity contribution in [3.05, 3.63) is 28.2 Å². The molecule has 0 fully saturated rings. The van der Waals surface area contributed by atoms with Crippen LogP contribution in [0.25, 0.3) is 0 Å². The number of hydrogen-bond acceptors (Lipinski definition) is 2. The lowest BCUT2D eigenvalue weighted by Crippen LogP contribution is -1.75. The van der Waals surface area contributed by atoms with Gasteiger partial charge >= 0.3 is 0 Å². The highest BCUT2D eigenvalue weighted by molar-refractivity contribution is 9.10. The van der Waals surface area contributed by atoms with Crippen LogP contribution in [0.5, 0.6) is 0 Å². The second-order valence-electron chi connectivity index (χ2n) is 1.78. The standard InChI is InChI=1S/C7H4BrNS/c8-7-3-6(10)2-1-5(7)4-9/h1-3,10H. The maximum absolute atomic E-state index is 8.50. The van der Waals surface area contributed by atoms with Crippen molar-refractivity contribution < 1.29 is 0 Å². The zero-order valence-corrected chi connectivity index (χ0v) is 7.48. The summed E-state index contributed by atoms with van der Waals surface area (Å²) in [5.74, 6) is 0. The SMILES string of the molecule is N#Cc1ccc(S)cc1Br. The van der Waals surface area contributed by atoms with Gasteiger partial charge in [0.05, 0.1) is 5.56 Å². The highest BCUT2D eigenvalue weighted by Crippen LogP contribution is 2.19. The van der Waals surface area contributed by atoms with E-state index in [4.69, 9.17) is 5.26 Å². The van der Waals surface area contributed by atoms with E-state index >= 15 is 0 Å². The van der Waals surface area contributed by atoms with Crippen molar-refractivity contribution in [2.45, 2.75) is 4.90 Å². The fourth-order valence-corrected chi connectivity index (χ4v) is 1.44. The van der Waals surface area contributed by atoms with Crippen molar-refractivity contribution in [3.63, 3.8) is 0 Å². The van der Waals surface area contributed by atoms with Crippen LogP contribution < -0.4 is 0 Å². The fourth-order valence-electron chi connectivity index (χ4n) is 0.595. The van der Waals surface area contributed by atoms with Crippen LogP contribution in [0.4, 0.5) is 0 Å². The highest BCUT2D eigenvalue weighted by atomic mass is 79.9. The van der Waals surface area contributed by atoms with Gasteiger partial charge in [-0.05, 0) is 34.1 Å². The van der Waals surface area contributed by atoms with Crippen LogP contribution in [-0.4, -0.2) is 0 Å². The van der Waals surface area contributed by atoms with Gasteiger partial charge in [-0.15, -0.1) is 12.6 Å². The normalized spacial score (nSPS) is 8.90. The van der Waals surface area contributed by atoms with Gasteiger partial charge in [0.25, 0.3) is 0 Å². The number of nitriles is 1. The summed E-state index contributed by atoms with van der Waals surface area (Å²) in [6.07, 6.45) is 0.